The van der Waals surface area contributed by atoms with Gasteiger partial charge in [0.1, 0.15) is 0 Å². The molecule has 0 unspecified atom stereocenters. The quantitative estimate of drug-likeness (QED) is 0.847. The summed E-state index contributed by atoms with van der Waals surface area (Å²) < 4.78 is 5.33. The molecule has 0 saturated carbocycles. The maximum absolute atomic E-state index is 11.8. The second kappa shape index (κ2) is 6.08. The molecule has 110 valence electrons. The lowest BCUT2D eigenvalue weighted by Crippen LogP contribution is -2.48. The first-order chi connectivity index (χ1) is 10.3. The number of nitrogens with zero attached hydrogens (tertiary/aromatic N) is 3. The fourth-order valence-corrected chi connectivity index (χ4v) is 2.43. The third-order valence-electron chi connectivity index (χ3n) is 3.80. The van der Waals surface area contributed by atoms with Crippen LogP contribution in [0.5, 0.6) is 0 Å². The molecule has 0 bridgehead atoms. The molecule has 1 aliphatic heterocycles. The number of likely N-dealkylation sites (tertiary alicyclic amines) is 1. The fourth-order valence-electron chi connectivity index (χ4n) is 2.43. The molecule has 1 amide bonds. The minimum atomic E-state index is 0.181. The molecule has 21 heavy (non-hydrogen) atoms. The minimum Gasteiger partial charge on any atom is -0.341 e. The van der Waals surface area contributed by atoms with E-state index in [1.807, 2.05) is 35.2 Å². The van der Waals surface area contributed by atoms with Crippen molar-refractivity contribution < 1.29 is 9.32 Å². The lowest BCUT2D eigenvalue weighted by atomic mass is 9.99. The first-order valence-electron chi connectivity index (χ1n) is 7.44. The van der Waals surface area contributed by atoms with Crippen molar-refractivity contribution in [2.45, 2.75) is 32.1 Å². The van der Waals surface area contributed by atoms with Crippen LogP contribution in [0.2, 0.25) is 0 Å². The lowest BCUT2D eigenvalue weighted by Gasteiger charge is -2.37. The molecule has 5 nitrogen and oxygen atoms in total. The summed E-state index contributed by atoms with van der Waals surface area (Å²) in [4.78, 5) is 18.2. The van der Waals surface area contributed by atoms with Crippen molar-refractivity contribution in [3.63, 3.8) is 0 Å². The predicted molar refractivity (Wildman–Crippen MR) is 78.6 cm³/mol. The predicted octanol–water partition coefficient (Wildman–Crippen LogP) is 2.85. The maximum atomic E-state index is 11.8. The van der Waals surface area contributed by atoms with E-state index in [4.69, 9.17) is 4.52 Å². The Kier molecular flexibility index (Phi) is 3.99. The Hall–Kier alpha value is -2.17. The fraction of sp³-hybridized carbons (Fsp3) is 0.438. The molecule has 0 spiro atoms. The Balaban J connectivity index is 1.58. The van der Waals surface area contributed by atoms with E-state index in [2.05, 4.69) is 17.1 Å². The molecule has 1 aromatic heterocycles. The Bertz CT molecular complexity index is 603. The zero-order valence-electron chi connectivity index (χ0n) is 12.2. The van der Waals surface area contributed by atoms with Crippen LogP contribution in [0.15, 0.2) is 34.9 Å². The van der Waals surface area contributed by atoms with Crippen LogP contribution >= 0.6 is 0 Å². The number of hydrogen-bond acceptors (Lipinski definition) is 4. The molecule has 0 N–H and O–H groups in total. The van der Waals surface area contributed by atoms with Gasteiger partial charge >= 0.3 is 0 Å². The summed E-state index contributed by atoms with van der Waals surface area (Å²) in [6.07, 6.45) is 2.65. The zero-order valence-corrected chi connectivity index (χ0v) is 12.2. The summed E-state index contributed by atoms with van der Waals surface area (Å²) in [7, 11) is 0. The van der Waals surface area contributed by atoms with Crippen LogP contribution in [0.25, 0.3) is 11.4 Å². The second-order valence-corrected chi connectivity index (χ2v) is 5.42. The van der Waals surface area contributed by atoms with Crippen LogP contribution in [0.4, 0.5) is 0 Å². The van der Waals surface area contributed by atoms with E-state index in [9.17, 15) is 4.79 Å². The van der Waals surface area contributed by atoms with Crippen molar-refractivity contribution in [2.75, 3.05) is 13.1 Å². The van der Waals surface area contributed by atoms with Gasteiger partial charge in [-0.15, -0.1) is 0 Å². The van der Waals surface area contributed by atoms with Gasteiger partial charge in [-0.2, -0.15) is 4.98 Å². The topological polar surface area (TPSA) is 59.2 Å². The number of rotatable bonds is 5. The highest BCUT2D eigenvalue weighted by Crippen LogP contribution is 2.28. The van der Waals surface area contributed by atoms with E-state index in [0.29, 0.717) is 31.2 Å². The average molecular weight is 285 g/mol. The summed E-state index contributed by atoms with van der Waals surface area (Å²) in [5.74, 6) is 1.66. The number of hydrogen-bond donors (Lipinski definition) is 0. The van der Waals surface area contributed by atoms with Crippen molar-refractivity contribution in [1.82, 2.24) is 15.0 Å². The molecule has 0 aliphatic carbocycles. The summed E-state index contributed by atoms with van der Waals surface area (Å²) >= 11 is 0. The molecule has 1 saturated heterocycles. The van der Waals surface area contributed by atoms with E-state index in [-0.39, 0.29) is 11.8 Å². The van der Waals surface area contributed by atoms with Gasteiger partial charge in [0.25, 0.3) is 0 Å². The largest absolute Gasteiger partial charge is 0.341 e. The Morgan fingerprint density at radius 1 is 1.33 bits per heavy atom. The van der Waals surface area contributed by atoms with Crippen LogP contribution in [-0.4, -0.2) is 34.0 Å². The van der Waals surface area contributed by atoms with E-state index in [1.54, 1.807) is 0 Å². The van der Waals surface area contributed by atoms with Gasteiger partial charge in [0.2, 0.25) is 17.6 Å². The van der Waals surface area contributed by atoms with Crippen LogP contribution in [0, 0.1) is 0 Å². The summed E-state index contributed by atoms with van der Waals surface area (Å²) in [6, 6.07) is 9.76. The van der Waals surface area contributed by atoms with Gasteiger partial charge in [0.15, 0.2) is 0 Å². The monoisotopic (exact) mass is 285 g/mol. The third kappa shape index (κ3) is 2.96. The van der Waals surface area contributed by atoms with Crippen LogP contribution in [0.3, 0.4) is 0 Å². The molecule has 1 fully saturated rings. The van der Waals surface area contributed by atoms with Gasteiger partial charge in [0.05, 0.1) is 5.92 Å². The standard InChI is InChI=1S/C16H19N3O2/c1-2-3-9-14(20)19-10-13(11-19)16-17-15(18-21-16)12-7-5-4-6-8-12/h4-8,13H,2-3,9-11H2,1H3. The molecule has 3 rings (SSSR count). The van der Waals surface area contributed by atoms with Crippen molar-refractivity contribution in [3.8, 4) is 11.4 Å². The van der Waals surface area contributed by atoms with Gasteiger partial charge < -0.3 is 9.42 Å². The second-order valence-electron chi connectivity index (χ2n) is 5.42. The Morgan fingerprint density at radius 3 is 2.81 bits per heavy atom. The normalized spacial score (nSPS) is 15.0. The molecule has 0 radical (unpaired) electrons. The number of benzene rings is 1. The van der Waals surface area contributed by atoms with E-state index < -0.39 is 0 Å². The van der Waals surface area contributed by atoms with Crippen LogP contribution in [-0.2, 0) is 4.79 Å². The number of carbonyl (C=O) groups excluding carboxylic acids is 1. The number of carbonyl (C=O) groups is 1. The highest BCUT2D eigenvalue weighted by atomic mass is 16.5. The van der Waals surface area contributed by atoms with Gasteiger partial charge in [0, 0.05) is 25.1 Å². The molecule has 2 aromatic rings. The van der Waals surface area contributed by atoms with E-state index in [0.717, 1.165) is 18.4 Å². The lowest BCUT2D eigenvalue weighted by molar-refractivity contribution is -0.136. The molecule has 5 heteroatoms. The SMILES string of the molecule is CCCCC(=O)N1CC(c2nc(-c3ccccc3)no2)C1. The van der Waals surface area contributed by atoms with Gasteiger partial charge in [-0.1, -0.05) is 48.8 Å². The molecule has 0 atom stereocenters. The van der Waals surface area contributed by atoms with E-state index in [1.165, 1.54) is 0 Å². The Labute approximate surface area is 124 Å². The summed E-state index contributed by atoms with van der Waals surface area (Å²) in [5.41, 5.74) is 0.947. The highest BCUT2D eigenvalue weighted by Gasteiger charge is 2.35. The van der Waals surface area contributed by atoms with Crippen molar-refractivity contribution in [3.05, 3.63) is 36.2 Å². The maximum Gasteiger partial charge on any atom is 0.233 e. The first kappa shape index (κ1) is 13.8. The number of aromatic nitrogens is 2. The third-order valence-corrected chi connectivity index (χ3v) is 3.80. The highest BCUT2D eigenvalue weighted by molar-refractivity contribution is 5.77. The van der Waals surface area contributed by atoms with Crippen molar-refractivity contribution >= 4 is 5.91 Å². The first-order valence-corrected chi connectivity index (χ1v) is 7.44. The van der Waals surface area contributed by atoms with Crippen LogP contribution in [0.1, 0.15) is 38.0 Å². The average Bonchev–Trinajstić information content (AvgIpc) is 2.94. The van der Waals surface area contributed by atoms with Crippen molar-refractivity contribution in [1.29, 1.82) is 0 Å². The number of unbranched alkanes of at least 4 members (excludes halogenated alkanes) is 1. The van der Waals surface area contributed by atoms with Crippen molar-refractivity contribution in [2.24, 2.45) is 0 Å². The molecule has 1 aromatic carbocycles. The molecule has 1 aliphatic rings. The minimum absolute atomic E-state index is 0.181. The molecular weight excluding hydrogens is 266 g/mol. The Morgan fingerprint density at radius 2 is 2.10 bits per heavy atom. The summed E-state index contributed by atoms with van der Waals surface area (Å²) in [6.45, 7) is 3.48. The number of amides is 1. The van der Waals surface area contributed by atoms with Gasteiger partial charge in [-0.25, -0.2) is 0 Å². The molecular formula is C16H19N3O2. The smallest absolute Gasteiger partial charge is 0.233 e. The van der Waals surface area contributed by atoms with Crippen LogP contribution < -0.4 is 0 Å². The summed E-state index contributed by atoms with van der Waals surface area (Å²) in [5, 5.41) is 4.02. The molecule has 2 heterocycles. The van der Waals surface area contributed by atoms with Gasteiger partial charge in [-0.3, -0.25) is 4.79 Å². The van der Waals surface area contributed by atoms with E-state index >= 15 is 0 Å². The van der Waals surface area contributed by atoms with Gasteiger partial charge in [-0.05, 0) is 6.42 Å². The zero-order chi connectivity index (χ0) is 14.7.